The Morgan fingerprint density at radius 2 is 0.970 bits per heavy atom. The fourth-order valence-electron chi connectivity index (χ4n) is 3.38. The summed E-state index contributed by atoms with van der Waals surface area (Å²) in [6.45, 7) is 5.69. The first-order valence-corrected chi connectivity index (χ1v) is 10.5. The first-order valence-electron chi connectivity index (χ1n) is 10.5. The maximum absolute atomic E-state index is 11.2. The Morgan fingerprint density at radius 3 is 1.27 bits per heavy atom. The summed E-state index contributed by atoms with van der Waals surface area (Å²) in [5.41, 5.74) is 6.88. The van der Waals surface area contributed by atoms with Crippen molar-refractivity contribution in [1.82, 2.24) is 10.6 Å². The molecule has 0 unspecified atom stereocenters. The summed E-state index contributed by atoms with van der Waals surface area (Å²) in [5.74, 6) is 0.652. The number of aryl methyl sites for hydroxylation is 2. The standard InChI is InChI=1S/2C13H15NO.2ClH.H2O/c2*1-10-2-4-11(5-3-10)8-12-9-13(15)6-7-14-12;;;/h2*2-5,8,14H,6-7,9H2,1H3;2*1H;1H2. The number of Topliss-reactive ketones (excluding diaryl/α,β-unsaturated/α-hetero) is 2. The van der Waals surface area contributed by atoms with Crippen LogP contribution in [0.3, 0.4) is 0 Å². The lowest BCUT2D eigenvalue weighted by atomic mass is 10.1. The Kier molecular flexibility index (Phi) is 14.1. The van der Waals surface area contributed by atoms with E-state index in [1.54, 1.807) is 0 Å². The third kappa shape index (κ3) is 10.7. The molecular weight excluding hydrogens is 459 g/mol. The van der Waals surface area contributed by atoms with Gasteiger partial charge < -0.3 is 16.1 Å². The van der Waals surface area contributed by atoms with Crippen molar-refractivity contribution in [3.8, 4) is 0 Å². The van der Waals surface area contributed by atoms with Crippen molar-refractivity contribution < 1.29 is 15.1 Å². The molecule has 4 N–H and O–H groups in total. The van der Waals surface area contributed by atoms with Crippen LogP contribution in [0.15, 0.2) is 59.9 Å². The van der Waals surface area contributed by atoms with Crippen molar-refractivity contribution in [3.63, 3.8) is 0 Å². The Bertz CT molecular complexity index is 873. The second kappa shape index (κ2) is 15.3. The first kappa shape index (κ1) is 30.4. The Balaban J connectivity index is 0.000000569. The third-order valence-corrected chi connectivity index (χ3v) is 5.12. The predicted octanol–water partition coefficient (Wildman–Crippen LogP) is 4.60. The molecule has 7 heteroatoms. The highest BCUT2D eigenvalue weighted by molar-refractivity contribution is 5.86. The minimum absolute atomic E-state index is 0. The van der Waals surface area contributed by atoms with E-state index in [1.807, 2.05) is 0 Å². The van der Waals surface area contributed by atoms with Crippen molar-refractivity contribution >= 4 is 48.5 Å². The maximum Gasteiger partial charge on any atom is 0.140 e. The number of allylic oxidation sites excluding steroid dienone is 2. The van der Waals surface area contributed by atoms with Gasteiger partial charge in [0.15, 0.2) is 0 Å². The molecule has 2 aromatic rings. The Hall–Kier alpha value is -2.60. The van der Waals surface area contributed by atoms with Gasteiger partial charge in [-0.2, -0.15) is 0 Å². The number of carbonyl (C=O) groups is 2. The van der Waals surface area contributed by atoms with Gasteiger partial charge in [-0.1, -0.05) is 59.7 Å². The molecule has 0 spiro atoms. The van der Waals surface area contributed by atoms with Crippen LogP contribution in [0.1, 0.15) is 47.9 Å². The zero-order valence-electron chi connectivity index (χ0n) is 19.1. The van der Waals surface area contributed by atoms with Crippen LogP contribution in [0, 0.1) is 13.8 Å². The average molecular weight is 493 g/mol. The molecule has 4 rings (SSSR count). The molecular formula is C26H34Cl2N2O3. The van der Waals surface area contributed by atoms with Crippen molar-refractivity contribution in [2.45, 2.75) is 39.5 Å². The van der Waals surface area contributed by atoms with Gasteiger partial charge in [0.2, 0.25) is 0 Å². The molecule has 180 valence electrons. The van der Waals surface area contributed by atoms with E-state index in [2.05, 4.69) is 85.2 Å². The maximum atomic E-state index is 11.2. The molecule has 5 nitrogen and oxygen atoms in total. The molecule has 2 aliphatic heterocycles. The van der Waals surface area contributed by atoms with Gasteiger partial charge >= 0.3 is 0 Å². The molecule has 0 radical (unpaired) electrons. The monoisotopic (exact) mass is 492 g/mol. The molecule has 2 aliphatic rings. The van der Waals surface area contributed by atoms with Crippen molar-refractivity contribution in [3.05, 3.63) is 82.2 Å². The zero-order valence-corrected chi connectivity index (χ0v) is 20.8. The second-order valence-corrected chi connectivity index (χ2v) is 7.94. The number of halogens is 2. The Morgan fingerprint density at radius 1 is 0.636 bits per heavy atom. The summed E-state index contributed by atoms with van der Waals surface area (Å²) >= 11 is 0. The van der Waals surface area contributed by atoms with Crippen LogP contribution in [0.5, 0.6) is 0 Å². The van der Waals surface area contributed by atoms with Gasteiger partial charge in [-0.25, -0.2) is 0 Å². The lowest BCUT2D eigenvalue weighted by Gasteiger charge is -2.15. The number of piperidine rings is 2. The summed E-state index contributed by atoms with van der Waals surface area (Å²) in [7, 11) is 0. The normalized spacial score (nSPS) is 17.3. The minimum Gasteiger partial charge on any atom is -0.412 e. The van der Waals surface area contributed by atoms with E-state index >= 15 is 0 Å². The van der Waals surface area contributed by atoms with Crippen LogP contribution in [-0.4, -0.2) is 30.1 Å². The van der Waals surface area contributed by atoms with E-state index in [0.29, 0.717) is 37.2 Å². The van der Waals surface area contributed by atoms with Crippen LogP contribution in [0.2, 0.25) is 0 Å². The topological polar surface area (TPSA) is 89.7 Å². The highest BCUT2D eigenvalue weighted by Crippen LogP contribution is 2.14. The minimum atomic E-state index is 0. The number of benzene rings is 2. The van der Waals surface area contributed by atoms with Gasteiger partial charge in [0, 0.05) is 50.2 Å². The smallest absolute Gasteiger partial charge is 0.140 e. The summed E-state index contributed by atoms with van der Waals surface area (Å²) in [6, 6.07) is 16.6. The van der Waals surface area contributed by atoms with Crippen molar-refractivity contribution in [2.75, 3.05) is 13.1 Å². The van der Waals surface area contributed by atoms with Gasteiger partial charge in [0.1, 0.15) is 11.6 Å². The van der Waals surface area contributed by atoms with Gasteiger partial charge in [0.25, 0.3) is 0 Å². The number of rotatable bonds is 2. The van der Waals surface area contributed by atoms with Gasteiger partial charge in [-0.3, -0.25) is 9.59 Å². The quantitative estimate of drug-likeness (QED) is 0.640. The molecule has 0 atom stereocenters. The van der Waals surface area contributed by atoms with Crippen molar-refractivity contribution in [1.29, 1.82) is 0 Å². The Labute approximate surface area is 208 Å². The molecule has 0 aromatic heterocycles. The largest absolute Gasteiger partial charge is 0.412 e. The molecule has 0 aliphatic carbocycles. The molecule has 0 bridgehead atoms. The van der Waals surface area contributed by atoms with E-state index in [9.17, 15) is 9.59 Å². The average Bonchev–Trinajstić information content (AvgIpc) is 2.72. The fraction of sp³-hybridized carbons (Fsp3) is 0.308. The summed E-state index contributed by atoms with van der Waals surface area (Å²) in [5, 5.41) is 6.51. The summed E-state index contributed by atoms with van der Waals surface area (Å²) in [6.07, 6.45) is 6.52. The van der Waals surface area contributed by atoms with Crippen LogP contribution in [0.25, 0.3) is 12.2 Å². The SMILES string of the molecule is Cc1ccc(C=C2CC(=O)CCN2)cc1.Cc1ccc(C=C2CC(=O)CCN2)cc1.Cl.Cl.O. The molecule has 33 heavy (non-hydrogen) atoms. The zero-order chi connectivity index (χ0) is 21.3. The van der Waals surface area contributed by atoms with E-state index < -0.39 is 0 Å². The van der Waals surface area contributed by atoms with Gasteiger partial charge in [-0.15, -0.1) is 24.8 Å². The second-order valence-electron chi connectivity index (χ2n) is 7.94. The predicted molar refractivity (Wildman–Crippen MR) is 141 cm³/mol. The summed E-state index contributed by atoms with van der Waals surface area (Å²) in [4.78, 5) is 22.5. The number of hydrogen-bond acceptors (Lipinski definition) is 4. The van der Waals surface area contributed by atoms with E-state index in [0.717, 1.165) is 35.6 Å². The summed E-state index contributed by atoms with van der Waals surface area (Å²) < 4.78 is 0. The molecule has 2 saturated heterocycles. The molecule has 0 amide bonds. The fourth-order valence-corrected chi connectivity index (χ4v) is 3.38. The number of hydrogen-bond donors (Lipinski definition) is 2. The molecule has 2 fully saturated rings. The van der Waals surface area contributed by atoms with E-state index in [4.69, 9.17) is 0 Å². The van der Waals surface area contributed by atoms with Gasteiger partial charge in [0.05, 0.1) is 0 Å². The van der Waals surface area contributed by atoms with Gasteiger partial charge in [-0.05, 0) is 37.1 Å². The van der Waals surface area contributed by atoms with E-state index in [-0.39, 0.29) is 30.3 Å². The molecule has 2 heterocycles. The van der Waals surface area contributed by atoms with E-state index in [1.165, 1.54) is 11.1 Å². The lowest BCUT2D eigenvalue weighted by molar-refractivity contribution is -0.119. The highest BCUT2D eigenvalue weighted by atomic mass is 35.5. The van der Waals surface area contributed by atoms with Crippen LogP contribution in [0.4, 0.5) is 0 Å². The number of ketones is 2. The lowest BCUT2D eigenvalue weighted by Crippen LogP contribution is -2.25. The van der Waals surface area contributed by atoms with Crippen molar-refractivity contribution in [2.24, 2.45) is 0 Å². The van der Waals surface area contributed by atoms with Crippen LogP contribution >= 0.6 is 24.8 Å². The third-order valence-electron chi connectivity index (χ3n) is 5.12. The molecule has 0 saturated carbocycles. The highest BCUT2D eigenvalue weighted by Gasteiger charge is 2.12. The molecule has 2 aromatic carbocycles. The van der Waals surface area contributed by atoms with Crippen LogP contribution in [-0.2, 0) is 9.59 Å². The number of carbonyl (C=O) groups excluding carboxylic acids is 2. The van der Waals surface area contributed by atoms with Crippen LogP contribution < -0.4 is 10.6 Å². The number of nitrogens with one attached hydrogen (secondary N) is 2. The first-order chi connectivity index (χ1) is 14.5.